The van der Waals surface area contributed by atoms with Crippen LogP contribution in [-0.2, 0) is 32.2 Å². The van der Waals surface area contributed by atoms with Crippen LogP contribution in [-0.4, -0.2) is 62.9 Å². The van der Waals surface area contributed by atoms with E-state index < -0.39 is 0 Å². The van der Waals surface area contributed by atoms with Gasteiger partial charge in [-0.1, -0.05) is 31.2 Å². The highest BCUT2D eigenvalue weighted by Crippen LogP contribution is 2.24. The van der Waals surface area contributed by atoms with Gasteiger partial charge in [-0.2, -0.15) is 0 Å². The van der Waals surface area contributed by atoms with Crippen LogP contribution in [0.2, 0.25) is 0 Å². The predicted octanol–water partition coefficient (Wildman–Crippen LogP) is 2.59. The quantitative estimate of drug-likeness (QED) is 0.418. The first-order valence-corrected chi connectivity index (χ1v) is 11.0. The summed E-state index contributed by atoms with van der Waals surface area (Å²) in [4.78, 5) is 19.0. The second-order valence-corrected chi connectivity index (χ2v) is 8.12. The maximum atomic E-state index is 12.0. The van der Waals surface area contributed by atoms with E-state index in [9.17, 15) is 4.79 Å². The van der Waals surface area contributed by atoms with Gasteiger partial charge in [-0.25, -0.2) is 4.99 Å². The summed E-state index contributed by atoms with van der Waals surface area (Å²) in [7, 11) is 1.45. The van der Waals surface area contributed by atoms with Crippen molar-refractivity contribution in [2.45, 2.75) is 45.9 Å². The molecule has 7 heteroatoms. The van der Waals surface area contributed by atoms with Crippen LogP contribution in [0.4, 0.5) is 0 Å². The number of guanidine groups is 1. The molecule has 2 heterocycles. The van der Waals surface area contributed by atoms with Crippen LogP contribution in [0.3, 0.4) is 0 Å². The molecule has 1 aromatic rings. The lowest BCUT2D eigenvalue weighted by molar-refractivity contribution is -0.145. The lowest BCUT2D eigenvalue weighted by Crippen LogP contribution is -2.40. The first-order valence-electron chi connectivity index (χ1n) is 11.0. The maximum Gasteiger partial charge on any atom is 0.310 e. The van der Waals surface area contributed by atoms with Crippen molar-refractivity contribution in [2.24, 2.45) is 16.8 Å². The molecule has 0 bridgehead atoms. The van der Waals surface area contributed by atoms with Gasteiger partial charge in [0, 0.05) is 32.8 Å². The zero-order valence-corrected chi connectivity index (χ0v) is 18.4. The fraction of sp³-hybridized carbons (Fsp3) is 0.652. The molecule has 0 spiro atoms. The van der Waals surface area contributed by atoms with Crippen molar-refractivity contribution in [1.29, 1.82) is 0 Å². The van der Waals surface area contributed by atoms with Gasteiger partial charge < -0.3 is 24.4 Å². The van der Waals surface area contributed by atoms with Gasteiger partial charge in [0.2, 0.25) is 0 Å². The summed E-state index contributed by atoms with van der Waals surface area (Å²) in [6, 6.07) is 8.41. The molecule has 7 nitrogen and oxygen atoms in total. The molecule has 1 aromatic carbocycles. The molecule has 2 aliphatic heterocycles. The number of methoxy groups -OCH3 is 1. The number of aliphatic imine (C=N–C) groups is 1. The number of hydrogen-bond donors (Lipinski definition) is 1. The van der Waals surface area contributed by atoms with E-state index in [4.69, 9.17) is 19.2 Å². The Labute approximate surface area is 179 Å². The number of benzene rings is 1. The fourth-order valence-electron chi connectivity index (χ4n) is 4.06. The van der Waals surface area contributed by atoms with Crippen LogP contribution < -0.4 is 5.32 Å². The largest absolute Gasteiger partial charge is 0.469 e. The molecule has 3 rings (SSSR count). The van der Waals surface area contributed by atoms with Gasteiger partial charge in [0.15, 0.2) is 5.96 Å². The number of likely N-dealkylation sites (tertiary alicyclic amines) is 1. The molecule has 166 valence electrons. The number of nitrogens with one attached hydrogen (secondary N) is 1. The zero-order valence-electron chi connectivity index (χ0n) is 18.4. The average molecular weight is 418 g/mol. The van der Waals surface area contributed by atoms with Gasteiger partial charge in [-0.15, -0.1) is 0 Å². The molecule has 2 unspecified atom stereocenters. The Hall–Kier alpha value is -2.12. The van der Waals surface area contributed by atoms with Gasteiger partial charge in [0.25, 0.3) is 0 Å². The summed E-state index contributed by atoms with van der Waals surface area (Å²) < 4.78 is 16.4. The monoisotopic (exact) mass is 417 g/mol. The Morgan fingerprint density at radius 3 is 2.77 bits per heavy atom. The first kappa shape index (κ1) is 22.6. The van der Waals surface area contributed by atoms with Crippen molar-refractivity contribution in [3.05, 3.63) is 35.4 Å². The van der Waals surface area contributed by atoms with E-state index in [2.05, 4.69) is 48.3 Å². The number of hydrogen-bond acceptors (Lipinski definition) is 5. The molecule has 2 saturated heterocycles. The Morgan fingerprint density at radius 2 is 2.03 bits per heavy atom. The molecule has 2 atom stereocenters. The number of rotatable bonds is 7. The molecule has 30 heavy (non-hydrogen) atoms. The Kier molecular flexibility index (Phi) is 8.51. The Bertz CT molecular complexity index is 718. The molecular formula is C23H35N3O4. The van der Waals surface area contributed by atoms with Gasteiger partial charge >= 0.3 is 5.97 Å². The summed E-state index contributed by atoms with van der Waals surface area (Å²) in [6.45, 7) is 9.15. The van der Waals surface area contributed by atoms with Gasteiger partial charge in [0.1, 0.15) is 0 Å². The molecule has 0 amide bonds. The molecule has 2 fully saturated rings. The van der Waals surface area contributed by atoms with Crippen molar-refractivity contribution < 1.29 is 19.0 Å². The van der Waals surface area contributed by atoms with E-state index >= 15 is 0 Å². The van der Waals surface area contributed by atoms with Crippen LogP contribution >= 0.6 is 0 Å². The predicted molar refractivity (Wildman–Crippen MR) is 116 cm³/mol. The van der Waals surface area contributed by atoms with Crippen molar-refractivity contribution in [2.75, 3.05) is 40.0 Å². The molecule has 2 aliphatic rings. The normalized spacial score (nSPS) is 22.9. The topological polar surface area (TPSA) is 72.4 Å². The summed E-state index contributed by atoms with van der Waals surface area (Å²) in [5, 5.41) is 3.36. The number of carbonyl (C=O) groups excluding carboxylic acids is 1. The van der Waals surface area contributed by atoms with E-state index in [1.54, 1.807) is 0 Å². The minimum absolute atomic E-state index is 0.107. The van der Waals surface area contributed by atoms with Crippen molar-refractivity contribution >= 4 is 11.9 Å². The molecule has 0 aromatic heterocycles. The van der Waals surface area contributed by atoms with Crippen LogP contribution in [0.25, 0.3) is 0 Å². The van der Waals surface area contributed by atoms with Crippen LogP contribution in [0.1, 0.15) is 37.8 Å². The van der Waals surface area contributed by atoms with Gasteiger partial charge in [-0.3, -0.25) is 4.79 Å². The highest BCUT2D eigenvalue weighted by Gasteiger charge is 2.36. The summed E-state index contributed by atoms with van der Waals surface area (Å²) in [5.41, 5.74) is 2.31. The number of esters is 1. The third-order valence-corrected chi connectivity index (χ3v) is 5.81. The zero-order chi connectivity index (χ0) is 21.3. The van der Waals surface area contributed by atoms with Gasteiger partial charge in [0.05, 0.1) is 32.3 Å². The Morgan fingerprint density at radius 1 is 1.27 bits per heavy atom. The highest BCUT2D eigenvalue weighted by molar-refractivity contribution is 5.82. The lowest BCUT2D eigenvalue weighted by Gasteiger charge is -2.22. The minimum Gasteiger partial charge on any atom is -0.469 e. The van der Waals surface area contributed by atoms with E-state index in [0.29, 0.717) is 25.8 Å². The van der Waals surface area contributed by atoms with Gasteiger partial charge in [-0.05, 0) is 36.8 Å². The summed E-state index contributed by atoms with van der Waals surface area (Å²) >= 11 is 0. The lowest BCUT2D eigenvalue weighted by atomic mass is 9.99. The van der Waals surface area contributed by atoms with Crippen molar-refractivity contribution in [3.8, 4) is 0 Å². The van der Waals surface area contributed by atoms with E-state index in [1.165, 1.54) is 12.7 Å². The SMILES string of the molecule is CCNC(=NCc1cccc(COC2CCOCC2)c1)N1CC(C)C(C(=O)OC)C1. The number of nitrogens with zero attached hydrogens (tertiary/aromatic N) is 2. The molecule has 0 saturated carbocycles. The smallest absolute Gasteiger partial charge is 0.310 e. The number of carbonyl (C=O) groups is 1. The van der Waals surface area contributed by atoms with E-state index in [1.807, 2.05) is 0 Å². The van der Waals surface area contributed by atoms with Crippen LogP contribution in [0.5, 0.6) is 0 Å². The molecule has 0 radical (unpaired) electrons. The highest BCUT2D eigenvalue weighted by atomic mass is 16.5. The summed E-state index contributed by atoms with van der Waals surface area (Å²) in [5.74, 6) is 0.842. The second-order valence-electron chi connectivity index (χ2n) is 8.12. The summed E-state index contributed by atoms with van der Waals surface area (Å²) in [6.07, 6.45) is 2.23. The number of ether oxygens (including phenoxy) is 3. The van der Waals surface area contributed by atoms with E-state index in [-0.39, 0.29) is 17.8 Å². The minimum atomic E-state index is -0.141. The molecular weight excluding hydrogens is 382 g/mol. The van der Waals surface area contributed by atoms with Crippen molar-refractivity contribution in [3.63, 3.8) is 0 Å². The standard InChI is InChI=1S/C23H35N3O4/c1-4-24-23(26-14-17(2)21(15-26)22(27)28-3)25-13-18-6-5-7-19(12-18)16-30-20-8-10-29-11-9-20/h5-7,12,17,20-21H,4,8-11,13-16H2,1-3H3,(H,24,25). The fourth-order valence-corrected chi connectivity index (χ4v) is 4.06. The average Bonchev–Trinajstić information content (AvgIpc) is 3.17. The van der Waals surface area contributed by atoms with Crippen molar-refractivity contribution in [1.82, 2.24) is 10.2 Å². The first-order chi connectivity index (χ1) is 14.6. The van der Waals surface area contributed by atoms with E-state index in [0.717, 1.165) is 50.7 Å². The molecule has 1 N–H and O–H groups in total. The molecule has 0 aliphatic carbocycles. The second kappa shape index (κ2) is 11.3. The Balaban J connectivity index is 1.60. The third-order valence-electron chi connectivity index (χ3n) is 5.81. The van der Waals surface area contributed by atoms with Crippen LogP contribution in [0.15, 0.2) is 29.3 Å². The third kappa shape index (κ3) is 6.19. The maximum absolute atomic E-state index is 12.0. The van der Waals surface area contributed by atoms with Crippen LogP contribution in [0, 0.1) is 11.8 Å².